The molecule has 6 heteroatoms. The van der Waals surface area contributed by atoms with Crippen molar-refractivity contribution in [2.75, 3.05) is 45.8 Å². The van der Waals surface area contributed by atoms with Crippen molar-refractivity contribution >= 4 is 11.9 Å². The van der Waals surface area contributed by atoms with Gasteiger partial charge >= 0.3 is 0 Å². The van der Waals surface area contributed by atoms with Crippen LogP contribution in [0.5, 0.6) is 0 Å². The number of nitrogens with zero attached hydrogens (tertiary/aromatic N) is 2. The maximum Gasteiger partial charge on any atom is 0.242 e. The van der Waals surface area contributed by atoms with Gasteiger partial charge in [0, 0.05) is 32.7 Å². The first-order valence-corrected chi connectivity index (χ1v) is 5.37. The van der Waals surface area contributed by atoms with Crippen LogP contribution in [0.25, 0.3) is 0 Å². The van der Waals surface area contributed by atoms with Crippen LogP contribution >= 0.6 is 0 Å². The number of carbonyl (C=O) groups is 1. The summed E-state index contributed by atoms with van der Waals surface area (Å²) in [6.45, 7) is 5.40. The fraction of sp³-hybridized carbons (Fsp3) is 0.778. The van der Waals surface area contributed by atoms with Crippen molar-refractivity contribution in [3.05, 3.63) is 0 Å². The molecule has 2 rings (SSSR count). The molecule has 1 saturated heterocycles. The van der Waals surface area contributed by atoms with Crippen LogP contribution in [0.1, 0.15) is 0 Å². The summed E-state index contributed by atoms with van der Waals surface area (Å²) in [7, 11) is 0. The van der Waals surface area contributed by atoms with Crippen LogP contribution < -0.4 is 16.0 Å². The average molecular weight is 211 g/mol. The van der Waals surface area contributed by atoms with E-state index in [1.807, 2.05) is 4.90 Å². The van der Waals surface area contributed by atoms with E-state index in [0.29, 0.717) is 6.54 Å². The summed E-state index contributed by atoms with van der Waals surface area (Å²) >= 11 is 0. The van der Waals surface area contributed by atoms with Crippen LogP contribution in [-0.2, 0) is 4.79 Å². The molecule has 0 aromatic rings. The van der Waals surface area contributed by atoms with Crippen LogP contribution in [-0.4, -0.2) is 62.6 Å². The van der Waals surface area contributed by atoms with E-state index in [9.17, 15) is 4.79 Å². The van der Waals surface area contributed by atoms with Crippen LogP contribution in [0.2, 0.25) is 0 Å². The summed E-state index contributed by atoms with van der Waals surface area (Å²) in [6, 6.07) is 0. The van der Waals surface area contributed by atoms with E-state index in [1.165, 1.54) is 0 Å². The number of carbonyl (C=O) groups excluding carboxylic acids is 1. The topological polar surface area (TPSA) is 68.8 Å². The Morgan fingerprint density at radius 3 is 2.87 bits per heavy atom. The largest absolute Gasteiger partial charge is 0.355 e. The molecule has 2 aliphatic heterocycles. The lowest BCUT2D eigenvalue weighted by atomic mass is 10.3. The summed E-state index contributed by atoms with van der Waals surface area (Å²) in [5, 5.41) is 9.29. The van der Waals surface area contributed by atoms with E-state index in [-0.39, 0.29) is 5.91 Å². The van der Waals surface area contributed by atoms with Gasteiger partial charge in [-0.25, -0.2) is 0 Å². The number of amides is 1. The third-order valence-corrected chi connectivity index (χ3v) is 2.55. The molecule has 0 atom stereocenters. The molecule has 0 aromatic heterocycles. The van der Waals surface area contributed by atoms with Gasteiger partial charge in [-0.1, -0.05) is 0 Å². The predicted molar refractivity (Wildman–Crippen MR) is 57.8 cm³/mol. The Bertz CT molecular complexity index is 259. The molecule has 84 valence electrons. The third kappa shape index (κ3) is 2.82. The van der Waals surface area contributed by atoms with Gasteiger partial charge < -0.3 is 20.9 Å². The first kappa shape index (κ1) is 10.2. The fourth-order valence-electron chi connectivity index (χ4n) is 1.70. The van der Waals surface area contributed by atoms with Crippen molar-refractivity contribution in [1.29, 1.82) is 0 Å². The maximum absolute atomic E-state index is 11.7. The molecule has 0 bridgehead atoms. The van der Waals surface area contributed by atoms with E-state index in [0.717, 1.165) is 45.2 Å². The normalized spacial score (nSPS) is 20.8. The minimum atomic E-state index is 0.146. The molecule has 6 nitrogen and oxygen atoms in total. The zero-order chi connectivity index (χ0) is 10.5. The molecule has 2 aliphatic rings. The van der Waals surface area contributed by atoms with E-state index in [2.05, 4.69) is 20.9 Å². The van der Waals surface area contributed by atoms with Crippen molar-refractivity contribution in [1.82, 2.24) is 20.9 Å². The molecule has 0 radical (unpaired) electrons. The Balaban J connectivity index is 1.71. The van der Waals surface area contributed by atoms with Gasteiger partial charge in [-0.3, -0.25) is 9.79 Å². The Labute approximate surface area is 89.1 Å². The van der Waals surface area contributed by atoms with Gasteiger partial charge in [0.1, 0.15) is 0 Å². The molecule has 1 amide bonds. The van der Waals surface area contributed by atoms with Gasteiger partial charge in [-0.15, -0.1) is 0 Å². The Morgan fingerprint density at radius 1 is 1.40 bits per heavy atom. The van der Waals surface area contributed by atoms with Crippen molar-refractivity contribution in [2.24, 2.45) is 4.99 Å². The molecular formula is C9H17N5O. The molecule has 0 saturated carbocycles. The number of hydrogen-bond acceptors (Lipinski definition) is 5. The minimum Gasteiger partial charge on any atom is -0.355 e. The van der Waals surface area contributed by atoms with Crippen LogP contribution in [0, 0.1) is 0 Å². The molecule has 0 unspecified atom stereocenters. The maximum atomic E-state index is 11.7. The number of hydrogen-bond donors (Lipinski definition) is 3. The van der Waals surface area contributed by atoms with Crippen LogP contribution in [0.4, 0.5) is 0 Å². The lowest BCUT2D eigenvalue weighted by Crippen LogP contribution is -2.50. The molecule has 0 aromatic carbocycles. The first-order valence-electron chi connectivity index (χ1n) is 5.37. The predicted octanol–water partition coefficient (Wildman–Crippen LogP) is -2.03. The zero-order valence-electron chi connectivity index (χ0n) is 8.75. The second-order valence-corrected chi connectivity index (χ2v) is 3.64. The van der Waals surface area contributed by atoms with E-state index < -0.39 is 0 Å². The summed E-state index contributed by atoms with van der Waals surface area (Å²) in [4.78, 5) is 17.7. The molecule has 2 heterocycles. The van der Waals surface area contributed by atoms with E-state index >= 15 is 0 Å². The molecule has 15 heavy (non-hydrogen) atoms. The second-order valence-electron chi connectivity index (χ2n) is 3.64. The van der Waals surface area contributed by atoms with Gasteiger partial charge in [0.2, 0.25) is 5.91 Å². The highest BCUT2D eigenvalue weighted by Crippen LogP contribution is 1.92. The van der Waals surface area contributed by atoms with Gasteiger partial charge in [-0.05, 0) is 0 Å². The zero-order valence-corrected chi connectivity index (χ0v) is 8.75. The fourth-order valence-corrected chi connectivity index (χ4v) is 1.70. The number of guanidine groups is 1. The lowest BCUT2D eigenvalue weighted by molar-refractivity contribution is -0.130. The summed E-state index contributed by atoms with van der Waals surface area (Å²) in [5.74, 6) is 0.895. The number of aliphatic imine (C=N–C) groups is 1. The Morgan fingerprint density at radius 2 is 2.20 bits per heavy atom. The minimum absolute atomic E-state index is 0.146. The highest BCUT2D eigenvalue weighted by Gasteiger charge is 2.16. The van der Waals surface area contributed by atoms with Gasteiger partial charge in [0.15, 0.2) is 5.96 Å². The Kier molecular flexibility index (Phi) is 3.39. The smallest absolute Gasteiger partial charge is 0.242 e. The second kappa shape index (κ2) is 4.97. The monoisotopic (exact) mass is 211 g/mol. The third-order valence-electron chi connectivity index (χ3n) is 2.55. The molecule has 0 aliphatic carbocycles. The van der Waals surface area contributed by atoms with Gasteiger partial charge in [0.05, 0.1) is 13.1 Å². The standard InChI is InChI=1S/C9H17N5O/c15-8(14-5-3-10-4-6-14)7-13-9-11-1-2-12-9/h10H,1-7H2,(H2,11,12,13). The van der Waals surface area contributed by atoms with Crippen molar-refractivity contribution in [2.45, 2.75) is 0 Å². The number of rotatable bonds is 2. The molecule has 3 N–H and O–H groups in total. The van der Waals surface area contributed by atoms with Crippen LogP contribution in [0.3, 0.4) is 0 Å². The molecule has 0 spiro atoms. The van der Waals surface area contributed by atoms with E-state index in [4.69, 9.17) is 0 Å². The quantitative estimate of drug-likeness (QED) is 0.492. The van der Waals surface area contributed by atoms with Gasteiger partial charge in [0.25, 0.3) is 0 Å². The summed E-state index contributed by atoms with van der Waals surface area (Å²) in [5.41, 5.74) is 0. The number of piperazine rings is 1. The van der Waals surface area contributed by atoms with Gasteiger partial charge in [-0.2, -0.15) is 0 Å². The number of nitrogens with one attached hydrogen (secondary N) is 3. The summed E-state index contributed by atoms with van der Waals surface area (Å²) in [6.07, 6.45) is 0. The Hall–Kier alpha value is -1.30. The first-order chi connectivity index (χ1) is 7.36. The van der Waals surface area contributed by atoms with Crippen molar-refractivity contribution < 1.29 is 4.79 Å². The highest BCUT2D eigenvalue weighted by atomic mass is 16.2. The van der Waals surface area contributed by atoms with E-state index in [1.54, 1.807) is 0 Å². The summed E-state index contributed by atoms with van der Waals surface area (Å²) < 4.78 is 0. The van der Waals surface area contributed by atoms with Crippen LogP contribution in [0.15, 0.2) is 4.99 Å². The average Bonchev–Trinajstić information content (AvgIpc) is 2.80. The lowest BCUT2D eigenvalue weighted by Gasteiger charge is -2.27. The highest BCUT2D eigenvalue weighted by molar-refractivity contribution is 5.87. The van der Waals surface area contributed by atoms with Crippen molar-refractivity contribution in [3.63, 3.8) is 0 Å². The molecule has 1 fully saturated rings. The molecular weight excluding hydrogens is 194 g/mol. The van der Waals surface area contributed by atoms with Crippen molar-refractivity contribution in [3.8, 4) is 0 Å². The SMILES string of the molecule is O=C(CNC1=NCCN1)N1CCNCC1.